The molecule has 1 aromatic heterocycles. The number of ether oxygens (including phenoxy) is 1. The average molecular weight is 298 g/mol. The molecule has 0 N–H and O–H groups in total. The second-order valence-corrected chi connectivity index (χ2v) is 4.32. The van der Waals surface area contributed by atoms with E-state index in [-0.39, 0.29) is 12.3 Å². The normalized spacial score (nSPS) is 11.5. The summed E-state index contributed by atoms with van der Waals surface area (Å²) in [6.45, 7) is 3.18. The molecule has 21 heavy (non-hydrogen) atoms. The van der Waals surface area contributed by atoms with Crippen LogP contribution in [0.2, 0.25) is 0 Å². The zero-order valence-electron chi connectivity index (χ0n) is 11.4. The number of carbonyl (C=O) groups is 1. The fourth-order valence-electron chi connectivity index (χ4n) is 1.96. The summed E-state index contributed by atoms with van der Waals surface area (Å²) in [6, 6.07) is 6.49. The first-order chi connectivity index (χ1) is 9.86. The van der Waals surface area contributed by atoms with Gasteiger partial charge in [0.1, 0.15) is 5.56 Å². The molecule has 0 fully saturated rings. The largest absolute Gasteiger partial charge is 0.462 e. The number of nitrogens with zero attached hydrogens (tertiary/aromatic N) is 2. The number of aromatic nitrogens is 2. The Balaban J connectivity index is 2.64. The number of esters is 1. The van der Waals surface area contributed by atoms with E-state index < -0.39 is 23.4 Å². The minimum atomic E-state index is -4.72. The fraction of sp³-hybridized carbons (Fsp3) is 0.286. The van der Waals surface area contributed by atoms with Crippen molar-refractivity contribution in [3.63, 3.8) is 0 Å². The summed E-state index contributed by atoms with van der Waals surface area (Å²) in [6.07, 6.45) is -3.84. The fourth-order valence-corrected chi connectivity index (χ4v) is 1.96. The molecule has 0 saturated carbocycles. The van der Waals surface area contributed by atoms with Crippen LogP contribution in [0.5, 0.6) is 0 Å². The lowest BCUT2D eigenvalue weighted by Crippen LogP contribution is -2.18. The second kappa shape index (κ2) is 5.59. The molecule has 0 radical (unpaired) electrons. The van der Waals surface area contributed by atoms with Crippen LogP contribution in [-0.4, -0.2) is 22.4 Å². The first kappa shape index (κ1) is 15.1. The number of para-hydroxylation sites is 1. The van der Waals surface area contributed by atoms with E-state index in [0.29, 0.717) is 5.56 Å². The SMILES string of the molecule is CCOC(=O)c1cnn(-c2ccccc2C)c1C(F)(F)F. The van der Waals surface area contributed by atoms with Crippen molar-refractivity contribution in [1.82, 2.24) is 9.78 Å². The van der Waals surface area contributed by atoms with Crippen molar-refractivity contribution in [3.8, 4) is 5.69 Å². The van der Waals surface area contributed by atoms with Gasteiger partial charge in [0.15, 0.2) is 5.69 Å². The highest BCUT2D eigenvalue weighted by molar-refractivity contribution is 5.90. The summed E-state index contributed by atoms with van der Waals surface area (Å²) < 4.78 is 45.2. The van der Waals surface area contributed by atoms with Gasteiger partial charge in [-0.2, -0.15) is 18.3 Å². The molecule has 0 atom stereocenters. The van der Waals surface area contributed by atoms with E-state index in [1.165, 1.54) is 13.0 Å². The third-order valence-electron chi connectivity index (χ3n) is 2.88. The summed E-state index contributed by atoms with van der Waals surface area (Å²) in [7, 11) is 0. The molecule has 2 rings (SSSR count). The Labute approximate surface area is 119 Å². The topological polar surface area (TPSA) is 44.1 Å². The highest BCUT2D eigenvalue weighted by Gasteiger charge is 2.41. The van der Waals surface area contributed by atoms with Gasteiger partial charge >= 0.3 is 12.1 Å². The number of hydrogen-bond donors (Lipinski definition) is 0. The van der Waals surface area contributed by atoms with E-state index in [0.717, 1.165) is 10.9 Å². The first-order valence-corrected chi connectivity index (χ1v) is 6.24. The molecule has 112 valence electrons. The molecule has 4 nitrogen and oxygen atoms in total. The number of aryl methyl sites for hydroxylation is 1. The van der Waals surface area contributed by atoms with Crippen molar-refractivity contribution in [2.45, 2.75) is 20.0 Å². The van der Waals surface area contributed by atoms with E-state index >= 15 is 0 Å². The van der Waals surface area contributed by atoms with Crippen molar-refractivity contribution in [1.29, 1.82) is 0 Å². The molecular formula is C14H13F3N2O2. The highest BCUT2D eigenvalue weighted by atomic mass is 19.4. The zero-order chi connectivity index (χ0) is 15.6. The van der Waals surface area contributed by atoms with Gasteiger partial charge < -0.3 is 4.74 Å². The Morgan fingerprint density at radius 3 is 2.57 bits per heavy atom. The molecule has 7 heteroatoms. The molecule has 2 aromatic rings. The van der Waals surface area contributed by atoms with Gasteiger partial charge in [-0.25, -0.2) is 9.48 Å². The number of rotatable bonds is 3. The lowest BCUT2D eigenvalue weighted by molar-refractivity contribution is -0.143. The Kier molecular flexibility index (Phi) is 4.02. The van der Waals surface area contributed by atoms with Crippen LogP contribution in [0, 0.1) is 6.92 Å². The molecule has 1 aromatic carbocycles. The van der Waals surface area contributed by atoms with Crippen LogP contribution in [-0.2, 0) is 10.9 Å². The van der Waals surface area contributed by atoms with Gasteiger partial charge in [-0.15, -0.1) is 0 Å². The summed E-state index contributed by atoms with van der Waals surface area (Å²) in [4.78, 5) is 11.7. The van der Waals surface area contributed by atoms with Gasteiger partial charge in [0.2, 0.25) is 0 Å². The van der Waals surface area contributed by atoms with Crippen molar-refractivity contribution in [3.05, 3.63) is 47.3 Å². The number of halogens is 3. The molecule has 0 aliphatic rings. The van der Waals surface area contributed by atoms with Crippen molar-refractivity contribution < 1.29 is 22.7 Å². The van der Waals surface area contributed by atoms with E-state index in [1.54, 1.807) is 25.1 Å². The summed E-state index contributed by atoms with van der Waals surface area (Å²) in [5.41, 5.74) is -0.843. The Morgan fingerprint density at radius 2 is 2.00 bits per heavy atom. The van der Waals surface area contributed by atoms with Crippen LogP contribution < -0.4 is 0 Å². The Bertz CT molecular complexity index is 662. The van der Waals surface area contributed by atoms with E-state index in [2.05, 4.69) is 9.84 Å². The Morgan fingerprint density at radius 1 is 1.33 bits per heavy atom. The van der Waals surface area contributed by atoms with Crippen LogP contribution in [0.3, 0.4) is 0 Å². The third kappa shape index (κ3) is 2.91. The molecule has 0 saturated heterocycles. The quantitative estimate of drug-likeness (QED) is 0.816. The lowest BCUT2D eigenvalue weighted by atomic mass is 10.2. The summed E-state index contributed by atoms with van der Waals surface area (Å²) >= 11 is 0. The molecule has 0 aliphatic heterocycles. The predicted molar refractivity (Wildman–Crippen MR) is 69.3 cm³/mol. The van der Waals surface area contributed by atoms with Gasteiger partial charge in [-0.3, -0.25) is 0 Å². The van der Waals surface area contributed by atoms with Crippen LogP contribution in [0.4, 0.5) is 13.2 Å². The Hall–Kier alpha value is -2.31. The molecular weight excluding hydrogens is 285 g/mol. The lowest BCUT2D eigenvalue weighted by Gasteiger charge is -2.13. The minimum Gasteiger partial charge on any atom is -0.462 e. The van der Waals surface area contributed by atoms with E-state index in [4.69, 9.17) is 0 Å². The van der Waals surface area contributed by atoms with Crippen LogP contribution in [0.1, 0.15) is 28.5 Å². The average Bonchev–Trinajstić information content (AvgIpc) is 2.84. The maximum Gasteiger partial charge on any atom is 0.434 e. The zero-order valence-corrected chi connectivity index (χ0v) is 11.4. The third-order valence-corrected chi connectivity index (χ3v) is 2.88. The first-order valence-electron chi connectivity index (χ1n) is 6.24. The molecule has 0 spiro atoms. The maximum atomic E-state index is 13.3. The van der Waals surface area contributed by atoms with Crippen LogP contribution >= 0.6 is 0 Å². The molecule has 0 amide bonds. The minimum absolute atomic E-state index is 0.00826. The predicted octanol–water partition coefficient (Wildman–Crippen LogP) is 3.38. The number of carbonyl (C=O) groups excluding carboxylic acids is 1. The van der Waals surface area contributed by atoms with Gasteiger partial charge in [-0.1, -0.05) is 18.2 Å². The standard InChI is InChI=1S/C14H13F3N2O2/c1-3-21-13(20)10-8-18-19(12(10)14(15,16)17)11-7-5-4-6-9(11)2/h4-8H,3H2,1-2H3. The summed E-state index contributed by atoms with van der Waals surface area (Å²) in [5, 5.41) is 3.71. The van der Waals surface area contributed by atoms with Crippen molar-refractivity contribution >= 4 is 5.97 Å². The maximum absolute atomic E-state index is 13.3. The molecule has 1 heterocycles. The summed E-state index contributed by atoms with van der Waals surface area (Å²) in [5.74, 6) is -1.04. The van der Waals surface area contributed by atoms with Gasteiger partial charge in [0.05, 0.1) is 18.5 Å². The van der Waals surface area contributed by atoms with Gasteiger partial charge in [0.25, 0.3) is 0 Å². The monoisotopic (exact) mass is 298 g/mol. The van der Waals surface area contributed by atoms with Crippen LogP contribution in [0.15, 0.2) is 30.5 Å². The van der Waals surface area contributed by atoms with Gasteiger partial charge in [0, 0.05) is 0 Å². The van der Waals surface area contributed by atoms with Crippen LogP contribution in [0.25, 0.3) is 5.69 Å². The van der Waals surface area contributed by atoms with E-state index in [1.807, 2.05) is 0 Å². The van der Waals surface area contributed by atoms with E-state index in [9.17, 15) is 18.0 Å². The van der Waals surface area contributed by atoms with Gasteiger partial charge in [-0.05, 0) is 25.5 Å². The number of alkyl halides is 3. The van der Waals surface area contributed by atoms with Crippen molar-refractivity contribution in [2.24, 2.45) is 0 Å². The molecule has 0 bridgehead atoms. The van der Waals surface area contributed by atoms with Crippen molar-refractivity contribution in [2.75, 3.05) is 6.61 Å². The number of benzene rings is 1. The smallest absolute Gasteiger partial charge is 0.434 e. The second-order valence-electron chi connectivity index (χ2n) is 4.32. The molecule has 0 aliphatic carbocycles. The highest BCUT2D eigenvalue weighted by Crippen LogP contribution is 2.34. The molecule has 0 unspecified atom stereocenters. The number of hydrogen-bond acceptors (Lipinski definition) is 3.